The van der Waals surface area contributed by atoms with Gasteiger partial charge in [0.1, 0.15) is 16.3 Å². The van der Waals surface area contributed by atoms with Gasteiger partial charge < -0.3 is 10.2 Å². The molecule has 0 fully saturated rings. The summed E-state index contributed by atoms with van der Waals surface area (Å²) in [4.78, 5) is 3.42. The molecule has 0 heterocycles. The van der Waals surface area contributed by atoms with E-state index < -0.39 is 20.8 Å². The molecule has 0 atom stereocenters. The summed E-state index contributed by atoms with van der Waals surface area (Å²) in [6, 6.07) is 14.5. The molecule has 0 unspecified atom stereocenters. The monoisotopic (exact) mass is 343 g/mol. The Bertz CT molecular complexity index is 1060. The first kappa shape index (κ1) is 16.0. The molecule has 0 aromatic heterocycles. The second kappa shape index (κ2) is 5.95. The van der Waals surface area contributed by atoms with Crippen LogP contribution < -0.4 is 0 Å². The number of aliphatic imine (C=N–C) groups is 1. The van der Waals surface area contributed by atoms with Gasteiger partial charge in [-0.25, -0.2) is 0 Å². The topological polar surface area (TPSA) is 107 Å². The first-order valence-electron chi connectivity index (χ1n) is 6.92. The molecule has 24 heavy (non-hydrogen) atoms. The molecule has 0 saturated carbocycles. The van der Waals surface area contributed by atoms with Gasteiger partial charge >= 0.3 is 0 Å². The zero-order chi connectivity index (χ0) is 17.3. The summed E-state index contributed by atoms with van der Waals surface area (Å²) in [7, 11) is -4.56. The van der Waals surface area contributed by atoms with E-state index in [1.807, 2.05) is 24.3 Å². The van der Waals surface area contributed by atoms with Gasteiger partial charge in [-0.2, -0.15) is 8.42 Å². The SMILES string of the molecule is O=S(=O)(O)c1cccc(N=Cc2c(O)ccc3ccccc23)c1O. The average Bonchev–Trinajstić information content (AvgIpc) is 2.54. The summed E-state index contributed by atoms with van der Waals surface area (Å²) >= 11 is 0. The summed E-state index contributed by atoms with van der Waals surface area (Å²) in [5.41, 5.74) is 0.391. The number of hydrogen-bond donors (Lipinski definition) is 3. The van der Waals surface area contributed by atoms with Gasteiger partial charge in [0.25, 0.3) is 10.1 Å². The fourth-order valence-corrected chi connectivity index (χ4v) is 2.98. The van der Waals surface area contributed by atoms with Gasteiger partial charge in [-0.3, -0.25) is 9.55 Å². The molecule has 0 aliphatic heterocycles. The number of para-hydroxylation sites is 1. The number of nitrogens with zero attached hydrogens (tertiary/aromatic N) is 1. The predicted octanol–water partition coefficient (Wildman–Crippen LogP) is 3.25. The van der Waals surface area contributed by atoms with E-state index in [0.717, 1.165) is 16.8 Å². The van der Waals surface area contributed by atoms with Gasteiger partial charge in [-0.05, 0) is 29.0 Å². The van der Waals surface area contributed by atoms with Crippen molar-refractivity contribution in [1.82, 2.24) is 0 Å². The van der Waals surface area contributed by atoms with Crippen LogP contribution in [0.25, 0.3) is 10.8 Å². The summed E-state index contributed by atoms with van der Waals surface area (Å²) in [5, 5.41) is 21.7. The number of rotatable bonds is 3. The minimum atomic E-state index is -4.56. The number of phenolic OH excluding ortho intramolecular Hbond substituents is 2. The zero-order valence-corrected chi connectivity index (χ0v) is 13.1. The van der Waals surface area contributed by atoms with Gasteiger partial charge in [-0.1, -0.05) is 36.4 Å². The molecule has 7 heteroatoms. The molecular weight excluding hydrogens is 330 g/mol. The minimum absolute atomic E-state index is 0.00266. The fourth-order valence-electron chi connectivity index (χ4n) is 2.38. The molecule has 3 aromatic rings. The van der Waals surface area contributed by atoms with Crippen molar-refractivity contribution in [3.8, 4) is 11.5 Å². The maximum absolute atomic E-state index is 11.2. The van der Waals surface area contributed by atoms with Crippen molar-refractivity contribution in [3.05, 3.63) is 60.2 Å². The van der Waals surface area contributed by atoms with Crippen molar-refractivity contribution in [2.24, 2.45) is 4.99 Å². The summed E-state index contributed by atoms with van der Waals surface area (Å²) < 4.78 is 31.5. The van der Waals surface area contributed by atoms with E-state index in [9.17, 15) is 18.6 Å². The smallest absolute Gasteiger partial charge is 0.298 e. The number of aromatic hydroxyl groups is 2. The molecule has 3 N–H and O–H groups in total. The molecule has 0 bridgehead atoms. The van der Waals surface area contributed by atoms with Crippen LogP contribution in [0, 0.1) is 0 Å². The highest BCUT2D eigenvalue weighted by Gasteiger charge is 2.17. The standard InChI is InChI=1S/C17H13NO5S/c19-15-9-8-11-4-1-2-5-12(11)13(15)10-18-14-6-3-7-16(17(14)20)24(21,22)23/h1-10,19-20H,(H,21,22,23). The average molecular weight is 343 g/mol. The Morgan fingerprint density at radius 2 is 1.67 bits per heavy atom. The first-order chi connectivity index (χ1) is 11.4. The molecular formula is C17H13NO5S. The van der Waals surface area contributed by atoms with Crippen molar-refractivity contribution >= 4 is 32.8 Å². The number of fused-ring (bicyclic) bond motifs is 1. The van der Waals surface area contributed by atoms with Crippen molar-refractivity contribution < 1.29 is 23.2 Å². The van der Waals surface area contributed by atoms with Crippen molar-refractivity contribution in [2.45, 2.75) is 4.90 Å². The molecule has 122 valence electrons. The van der Waals surface area contributed by atoms with E-state index in [1.165, 1.54) is 24.4 Å². The van der Waals surface area contributed by atoms with E-state index in [4.69, 9.17) is 4.55 Å². The van der Waals surface area contributed by atoms with Gasteiger partial charge in [0.2, 0.25) is 0 Å². The van der Waals surface area contributed by atoms with E-state index in [-0.39, 0.29) is 11.4 Å². The molecule has 0 spiro atoms. The van der Waals surface area contributed by atoms with Gasteiger partial charge in [0.15, 0.2) is 5.75 Å². The lowest BCUT2D eigenvalue weighted by Crippen LogP contribution is -1.98. The van der Waals surface area contributed by atoms with Crippen LogP contribution >= 0.6 is 0 Å². The molecule has 3 rings (SSSR count). The van der Waals surface area contributed by atoms with E-state index in [0.29, 0.717) is 5.56 Å². The third-order valence-corrected chi connectivity index (χ3v) is 4.42. The summed E-state index contributed by atoms with van der Waals surface area (Å²) in [6.45, 7) is 0. The van der Waals surface area contributed by atoms with Gasteiger partial charge in [0.05, 0.1) is 0 Å². The number of phenols is 2. The van der Waals surface area contributed by atoms with E-state index in [2.05, 4.69) is 4.99 Å². The Kier molecular flexibility index (Phi) is 3.96. The highest BCUT2D eigenvalue weighted by molar-refractivity contribution is 7.86. The van der Waals surface area contributed by atoms with Crippen molar-refractivity contribution in [1.29, 1.82) is 0 Å². The molecule has 3 aromatic carbocycles. The quantitative estimate of drug-likeness (QED) is 0.500. The number of hydrogen-bond acceptors (Lipinski definition) is 5. The van der Waals surface area contributed by atoms with Crippen LogP contribution in [-0.2, 0) is 10.1 Å². The van der Waals surface area contributed by atoms with E-state index in [1.54, 1.807) is 6.07 Å². The first-order valence-corrected chi connectivity index (χ1v) is 8.36. The Morgan fingerprint density at radius 1 is 0.917 bits per heavy atom. The van der Waals surface area contributed by atoms with Gasteiger partial charge in [0, 0.05) is 11.8 Å². The normalized spacial score (nSPS) is 12.0. The lowest BCUT2D eigenvalue weighted by atomic mass is 10.0. The Labute approximate surface area is 138 Å². The van der Waals surface area contributed by atoms with Crippen LogP contribution in [0.3, 0.4) is 0 Å². The van der Waals surface area contributed by atoms with Crippen LogP contribution in [0.15, 0.2) is 64.5 Å². The molecule has 0 amide bonds. The molecule has 0 aliphatic rings. The maximum atomic E-state index is 11.2. The van der Waals surface area contributed by atoms with Crippen LogP contribution in [-0.4, -0.2) is 29.4 Å². The maximum Gasteiger partial charge on any atom is 0.298 e. The fraction of sp³-hybridized carbons (Fsp3) is 0. The largest absolute Gasteiger partial charge is 0.507 e. The lowest BCUT2D eigenvalue weighted by Gasteiger charge is -2.06. The summed E-state index contributed by atoms with van der Waals surface area (Å²) in [5.74, 6) is -0.654. The number of benzene rings is 3. The lowest BCUT2D eigenvalue weighted by molar-refractivity contribution is 0.444. The van der Waals surface area contributed by atoms with Gasteiger partial charge in [-0.15, -0.1) is 0 Å². The highest BCUT2D eigenvalue weighted by Crippen LogP contribution is 2.33. The zero-order valence-electron chi connectivity index (χ0n) is 12.3. The Balaban J connectivity index is 2.12. The predicted molar refractivity (Wildman–Crippen MR) is 90.8 cm³/mol. The molecule has 6 nitrogen and oxygen atoms in total. The third-order valence-electron chi connectivity index (χ3n) is 3.54. The van der Waals surface area contributed by atoms with Crippen LogP contribution in [0.1, 0.15) is 5.56 Å². The molecule has 0 radical (unpaired) electrons. The molecule has 0 saturated heterocycles. The van der Waals surface area contributed by atoms with Crippen molar-refractivity contribution in [2.75, 3.05) is 0 Å². The Hall–Kier alpha value is -2.90. The third kappa shape index (κ3) is 2.94. The molecule has 0 aliphatic carbocycles. The van der Waals surface area contributed by atoms with Crippen molar-refractivity contribution in [3.63, 3.8) is 0 Å². The minimum Gasteiger partial charge on any atom is -0.507 e. The summed E-state index contributed by atoms with van der Waals surface area (Å²) in [6.07, 6.45) is 1.33. The van der Waals surface area contributed by atoms with Crippen LogP contribution in [0.5, 0.6) is 11.5 Å². The van der Waals surface area contributed by atoms with E-state index >= 15 is 0 Å². The Morgan fingerprint density at radius 3 is 2.42 bits per heavy atom. The van der Waals surface area contributed by atoms with Crippen LogP contribution in [0.4, 0.5) is 5.69 Å². The van der Waals surface area contributed by atoms with Crippen LogP contribution in [0.2, 0.25) is 0 Å². The second-order valence-electron chi connectivity index (χ2n) is 5.08. The highest BCUT2D eigenvalue weighted by atomic mass is 32.2. The second-order valence-corrected chi connectivity index (χ2v) is 6.47.